The molecule has 1 aromatic rings. The van der Waals surface area contributed by atoms with Gasteiger partial charge in [0.2, 0.25) is 10.0 Å². The summed E-state index contributed by atoms with van der Waals surface area (Å²) in [5.41, 5.74) is -0.114. The summed E-state index contributed by atoms with van der Waals surface area (Å²) >= 11 is 0. The van der Waals surface area contributed by atoms with Gasteiger partial charge in [-0.15, -0.1) is 0 Å². The van der Waals surface area contributed by atoms with Crippen LogP contribution in [-0.4, -0.2) is 28.1 Å². The molecule has 0 aromatic heterocycles. The number of rotatable bonds is 4. The third-order valence-electron chi connectivity index (χ3n) is 3.70. The maximum atomic E-state index is 13.1. The second-order valence-corrected chi connectivity index (χ2v) is 7.23. The molecular formula is C13H18F2N2O2S. The van der Waals surface area contributed by atoms with Crippen molar-refractivity contribution in [1.82, 2.24) is 10.0 Å². The highest BCUT2D eigenvalue weighted by Gasteiger charge is 2.28. The zero-order valence-electron chi connectivity index (χ0n) is 11.2. The van der Waals surface area contributed by atoms with Crippen LogP contribution in [0.15, 0.2) is 23.1 Å². The van der Waals surface area contributed by atoms with E-state index in [-0.39, 0.29) is 16.9 Å². The Morgan fingerprint density at radius 1 is 1.25 bits per heavy atom. The van der Waals surface area contributed by atoms with Gasteiger partial charge in [0.25, 0.3) is 0 Å². The summed E-state index contributed by atoms with van der Waals surface area (Å²) in [7, 11) is -3.81. The lowest BCUT2D eigenvalue weighted by molar-refractivity contribution is 0.232. The van der Waals surface area contributed by atoms with Crippen LogP contribution in [0.1, 0.15) is 19.8 Å². The Kier molecular flexibility index (Phi) is 4.41. The van der Waals surface area contributed by atoms with Crippen molar-refractivity contribution in [3.05, 3.63) is 29.8 Å². The van der Waals surface area contributed by atoms with Crippen molar-refractivity contribution in [2.75, 3.05) is 19.6 Å². The lowest BCUT2D eigenvalue weighted by Crippen LogP contribution is -2.42. The first kappa shape index (κ1) is 15.3. The molecule has 0 unspecified atom stereocenters. The fourth-order valence-corrected chi connectivity index (χ4v) is 3.41. The zero-order chi connectivity index (χ0) is 14.8. The van der Waals surface area contributed by atoms with E-state index in [0.29, 0.717) is 6.07 Å². The predicted octanol–water partition coefficient (Wildman–Crippen LogP) is 1.63. The van der Waals surface area contributed by atoms with Gasteiger partial charge in [-0.2, -0.15) is 0 Å². The summed E-state index contributed by atoms with van der Waals surface area (Å²) in [5, 5.41) is 3.21. The molecule has 20 heavy (non-hydrogen) atoms. The molecule has 2 N–H and O–H groups in total. The Bertz CT molecular complexity index is 584. The molecule has 112 valence electrons. The largest absolute Gasteiger partial charge is 0.317 e. The van der Waals surface area contributed by atoms with Crippen molar-refractivity contribution in [2.45, 2.75) is 24.7 Å². The molecule has 1 fully saturated rings. The summed E-state index contributed by atoms with van der Waals surface area (Å²) in [5.74, 6) is -2.23. The van der Waals surface area contributed by atoms with Gasteiger partial charge in [-0.05, 0) is 49.5 Å². The molecule has 0 radical (unpaired) electrons. The normalized spacial score (nSPS) is 18.9. The second-order valence-electron chi connectivity index (χ2n) is 5.46. The third kappa shape index (κ3) is 3.53. The Morgan fingerprint density at radius 2 is 1.90 bits per heavy atom. The van der Waals surface area contributed by atoms with Gasteiger partial charge in [0.15, 0.2) is 11.6 Å². The number of sulfonamides is 1. The first-order valence-corrected chi connectivity index (χ1v) is 7.96. The van der Waals surface area contributed by atoms with E-state index < -0.39 is 21.7 Å². The molecule has 1 aliphatic heterocycles. The number of nitrogens with one attached hydrogen (secondary N) is 2. The summed E-state index contributed by atoms with van der Waals surface area (Å²) in [6, 6.07) is 2.57. The summed E-state index contributed by atoms with van der Waals surface area (Å²) < 4.78 is 52.5. The van der Waals surface area contributed by atoms with E-state index in [2.05, 4.69) is 10.0 Å². The van der Waals surface area contributed by atoms with E-state index in [4.69, 9.17) is 0 Å². The highest BCUT2D eigenvalue weighted by atomic mass is 32.2. The smallest absolute Gasteiger partial charge is 0.240 e. The molecule has 7 heteroatoms. The molecule has 1 heterocycles. The molecule has 0 atom stereocenters. The predicted molar refractivity (Wildman–Crippen MR) is 71.8 cm³/mol. The molecule has 0 bridgehead atoms. The van der Waals surface area contributed by atoms with Gasteiger partial charge in [-0.25, -0.2) is 21.9 Å². The number of hydrogen-bond donors (Lipinski definition) is 2. The molecule has 1 aromatic carbocycles. The SMILES string of the molecule is CC1(CNS(=O)(=O)c2ccc(F)c(F)c2)CCNCC1. The minimum atomic E-state index is -3.81. The van der Waals surface area contributed by atoms with Crippen molar-refractivity contribution < 1.29 is 17.2 Å². The van der Waals surface area contributed by atoms with E-state index in [9.17, 15) is 17.2 Å². The summed E-state index contributed by atoms with van der Waals surface area (Å²) in [6.45, 7) is 4.00. The van der Waals surface area contributed by atoms with Gasteiger partial charge in [0.05, 0.1) is 4.90 Å². The van der Waals surface area contributed by atoms with E-state index in [1.165, 1.54) is 0 Å². The van der Waals surface area contributed by atoms with Gasteiger partial charge in [0.1, 0.15) is 0 Å². The minimum absolute atomic E-state index is 0.114. The summed E-state index contributed by atoms with van der Waals surface area (Å²) in [6.07, 6.45) is 1.74. The number of benzene rings is 1. The van der Waals surface area contributed by atoms with Crippen LogP contribution in [0.3, 0.4) is 0 Å². The van der Waals surface area contributed by atoms with Crippen LogP contribution in [0, 0.1) is 17.0 Å². The standard InChI is InChI=1S/C13H18F2N2O2S/c1-13(4-6-16-7-5-13)9-17-20(18,19)10-2-3-11(14)12(15)8-10/h2-3,8,16-17H,4-7,9H2,1H3. The molecule has 0 amide bonds. The minimum Gasteiger partial charge on any atom is -0.317 e. The van der Waals surface area contributed by atoms with E-state index in [0.717, 1.165) is 38.1 Å². The highest BCUT2D eigenvalue weighted by Crippen LogP contribution is 2.27. The number of piperidine rings is 1. The Morgan fingerprint density at radius 3 is 2.50 bits per heavy atom. The van der Waals surface area contributed by atoms with Gasteiger partial charge in [-0.3, -0.25) is 0 Å². The van der Waals surface area contributed by atoms with E-state index in [1.54, 1.807) is 0 Å². The average Bonchev–Trinajstić information content (AvgIpc) is 2.41. The summed E-state index contributed by atoms with van der Waals surface area (Å²) in [4.78, 5) is -0.256. The van der Waals surface area contributed by atoms with Crippen LogP contribution >= 0.6 is 0 Å². The Balaban J connectivity index is 2.09. The molecule has 4 nitrogen and oxygen atoms in total. The molecule has 0 spiro atoms. The molecule has 1 aliphatic rings. The van der Waals surface area contributed by atoms with Gasteiger partial charge < -0.3 is 5.32 Å². The van der Waals surface area contributed by atoms with Crippen molar-refractivity contribution in [3.63, 3.8) is 0 Å². The maximum absolute atomic E-state index is 13.1. The third-order valence-corrected chi connectivity index (χ3v) is 5.10. The van der Waals surface area contributed by atoms with Crippen LogP contribution in [0.2, 0.25) is 0 Å². The van der Waals surface area contributed by atoms with E-state index >= 15 is 0 Å². The Hall–Kier alpha value is -1.05. The first-order valence-electron chi connectivity index (χ1n) is 6.48. The van der Waals surface area contributed by atoms with Crippen LogP contribution in [0.4, 0.5) is 8.78 Å². The molecule has 1 saturated heterocycles. The lowest BCUT2D eigenvalue weighted by atomic mass is 9.81. The fraction of sp³-hybridized carbons (Fsp3) is 0.538. The van der Waals surface area contributed by atoms with Crippen LogP contribution in [0.5, 0.6) is 0 Å². The van der Waals surface area contributed by atoms with Crippen molar-refractivity contribution in [3.8, 4) is 0 Å². The molecular weight excluding hydrogens is 286 g/mol. The maximum Gasteiger partial charge on any atom is 0.240 e. The number of halogens is 2. The van der Waals surface area contributed by atoms with Crippen molar-refractivity contribution >= 4 is 10.0 Å². The monoisotopic (exact) mass is 304 g/mol. The average molecular weight is 304 g/mol. The van der Waals surface area contributed by atoms with Crippen LogP contribution in [-0.2, 0) is 10.0 Å². The number of hydrogen-bond acceptors (Lipinski definition) is 3. The lowest BCUT2D eigenvalue weighted by Gasteiger charge is -2.34. The van der Waals surface area contributed by atoms with Gasteiger partial charge in [0, 0.05) is 6.54 Å². The van der Waals surface area contributed by atoms with Crippen molar-refractivity contribution in [1.29, 1.82) is 0 Å². The Labute approximate surface area is 117 Å². The van der Waals surface area contributed by atoms with Crippen LogP contribution in [0.25, 0.3) is 0 Å². The molecule has 0 saturated carbocycles. The molecule has 0 aliphatic carbocycles. The quantitative estimate of drug-likeness (QED) is 0.889. The first-order chi connectivity index (χ1) is 9.32. The zero-order valence-corrected chi connectivity index (χ0v) is 12.1. The van der Waals surface area contributed by atoms with Crippen molar-refractivity contribution in [2.24, 2.45) is 5.41 Å². The van der Waals surface area contributed by atoms with E-state index in [1.807, 2.05) is 6.92 Å². The molecule has 2 rings (SSSR count). The van der Waals surface area contributed by atoms with Crippen LogP contribution < -0.4 is 10.0 Å². The fourth-order valence-electron chi connectivity index (χ4n) is 2.20. The van der Waals surface area contributed by atoms with Gasteiger partial charge in [-0.1, -0.05) is 6.92 Å². The second kappa shape index (κ2) is 5.75. The topological polar surface area (TPSA) is 58.2 Å². The highest BCUT2D eigenvalue weighted by molar-refractivity contribution is 7.89. The van der Waals surface area contributed by atoms with Gasteiger partial charge >= 0.3 is 0 Å².